The maximum atomic E-state index is 13.4. The lowest BCUT2D eigenvalue weighted by Crippen LogP contribution is -2.25. The molecular formula is C30H30O6. The number of Topliss-reactive ketones (excluding diaryl/α,β-unsaturated/α-hetero) is 2. The highest BCUT2D eigenvalue weighted by atomic mass is 16.3. The van der Waals surface area contributed by atoms with E-state index in [1.165, 1.54) is 12.1 Å². The first-order valence-electron chi connectivity index (χ1n) is 12.6. The number of phenols is 2. The van der Waals surface area contributed by atoms with E-state index in [-0.39, 0.29) is 44.9 Å². The molecule has 186 valence electrons. The number of hydrogen-bond acceptors (Lipinski definition) is 6. The summed E-state index contributed by atoms with van der Waals surface area (Å²) in [6, 6.07) is 6.18. The van der Waals surface area contributed by atoms with Gasteiger partial charge in [0.15, 0.2) is 23.1 Å². The molecule has 0 saturated carbocycles. The molecule has 0 aromatic heterocycles. The van der Waals surface area contributed by atoms with Gasteiger partial charge in [-0.15, -0.1) is 0 Å². The molecule has 0 atom stereocenters. The van der Waals surface area contributed by atoms with E-state index in [4.69, 9.17) is 0 Å². The number of fused-ring (bicyclic) bond motifs is 2. The normalized spacial score (nSPS) is 14.9. The largest absolute Gasteiger partial charge is 0.507 e. The summed E-state index contributed by atoms with van der Waals surface area (Å²) in [5.41, 5.74) is 0.854. The van der Waals surface area contributed by atoms with Gasteiger partial charge in [-0.3, -0.25) is 19.2 Å². The maximum absolute atomic E-state index is 13.4. The van der Waals surface area contributed by atoms with Crippen molar-refractivity contribution in [1.82, 2.24) is 0 Å². The topological polar surface area (TPSA) is 109 Å². The summed E-state index contributed by atoms with van der Waals surface area (Å²) < 4.78 is 0. The minimum absolute atomic E-state index is 0.0883. The molecular weight excluding hydrogens is 456 g/mol. The average Bonchev–Trinajstić information content (AvgIpc) is 2.83. The molecule has 2 N–H and O–H groups in total. The maximum Gasteiger partial charge on any atom is 0.198 e. The van der Waals surface area contributed by atoms with Crippen LogP contribution in [0.15, 0.2) is 47.6 Å². The number of phenolic OH excluding ortho intramolecular Hbond substituents is 2. The van der Waals surface area contributed by atoms with Gasteiger partial charge in [0.1, 0.15) is 11.5 Å². The monoisotopic (exact) mass is 486 g/mol. The van der Waals surface area contributed by atoms with Crippen molar-refractivity contribution in [3.8, 4) is 11.5 Å². The lowest BCUT2D eigenvalue weighted by molar-refractivity contribution is 0.0959. The average molecular weight is 487 g/mol. The number of rotatable bonds is 9. The van der Waals surface area contributed by atoms with Crippen molar-refractivity contribution in [2.75, 3.05) is 0 Å². The van der Waals surface area contributed by atoms with E-state index < -0.39 is 23.1 Å². The van der Waals surface area contributed by atoms with E-state index >= 15 is 0 Å². The highest BCUT2D eigenvalue weighted by molar-refractivity contribution is 6.35. The van der Waals surface area contributed by atoms with Gasteiger partial charge in [0.2, 0.25) is 0 Å². The molecule has 2 aliphatic rings. The lowest BCUT2D eigenvalue weighted by Gasteiger charge is -2.22. The Bertz CT molecular complexity index is 1240. The highest BCUT2D eigenvalue weighted by Crippen LogP contribution is 2.38. The van der Waals surface area contributed by atoms with Crippen molar-refractivity contribution < 1.29 is 29.4 Å². The minimum Gasteiger partial charge on any atom is -0.507 e. The van der Waals surface area contributed by atoms with Crippen LogP contribution in [0.2, 0.25) is 0 Å². The first-order valence-corrected chi connectivity index (χ1v) is 12.6. The van der Waals surface area contributed by atoms with E-state index in [1.807, 2.05) is 0 Å². The van der Waals surface area contributed by atoms with Crippen LogP contribution in [-0.2, 0) is 12.8 Å². The van der Waals surface area contributed by atoms with Crippen LogP contribution in [0.1, 0.15) is 105 Å². The molecule has 0 amide bonds. The number of ketones is 4. The molecule has 0 unspecified atom stereocenters. The minimum atomic E-state index is -0.700. The third-order valence-electron chi connectivity index (χ3n) is 6.81. The Morgan fingerprint density at radius 1 is 0.583 bits per heavy atom. The fraction of sp³-hybridized carbons (Fsp3) is 0.333. The second kappa shape index (κ2) is 10.4. The van der Waals surface area contributed by atoms with Crippen LogP contribution in [-0.4, -0.2) is 33.3 Å². The Morgan fingerprint density at radius 2 is 0.972 bits per heavy atom. The smallest absolute Gasteiger partial charge is 0.198 e. The summed E-state index contributed by atoms with van der Waals surface area (Å²) in [5, 5.41) is 21.3. The Hall–Kier alpha value is -3.80. The summed E-state index contributed by atoms with van der Waals surface area (Å²) in [7, 11) is 0. The van der Waals surface area contributed by atoms with E-state index in [1.54, 1.807) is 12.1 Å². The Kier molecular flexibility index (Phi) is 7.34. The van der Waals surface area contributed by atoms with Crippen molar-refractivity contribution in [2.45, 2.75) is 65.2 Å². The van der Waals surface area contributed by atoms with Gasteiger partial charge in [-0.1, -0.05) is 39.5 Å². The zero-order chi connectivity index (χ0) is 26.0. The molecule has 0 bridgehead atoms. The molecule has 6 heteroatoms. The van der Waals surface area contributed by atoms with Gasteiger partial charge in [0.05, 0.1) is 11.1 Å². The molecule has 0 heterocycles. The van der Waals surface area contributed by atoms with E-state index in [9.17, 15) is 29.4 Å². The lowest BCUT2D eigenvalue weighted by atomic mass is 9.78. The van der Waals surface area contributed by atoms with Crippen molar-refractivity contribution >= 4 is 23.1 Å². The number of carbonyl (C=O) groups excluding carboxylic acids is 4. The zero-order valence-corrected chi connectivity index (χ0v) is 20.6. The number of allylic oxidation sites excluding steroid dienone is 4. The van der Waals surface area contributed by atoms with Gasteiger partial charge in [-0.05, 0) is 73.2 Å². The van der Waals surface area contributed by atoms with Crippen LogP contribution in [0, 0.1) is 0 Å². The van der Waals surface area contributed by atoms with Crippen LogP contribution >= 0.6 is 0 Å². The van der Waals surface area contributed by atoms with Gasteiger partial charge < -0.3 is 10.2 Å². The van der Waals surface area contributed by atoms with E-state index in [2.05, 4.69) is 13.8 Å². The second-order valence-electron chi connectivity index (χ2n) is 9.49. The fourth-order valence-corrected chi connectivity index (χ4v) is 4.90. The highest BCUT2D eigenvalue weighted by Gasteiger charge is 2.37. The third-order valence-corrected chi connectivity index (χ3v) is 6.81. The van der Waals surface area contributed by atoms with E-state index in [0.717, 1.165) is 61.8 Å². The van der Waals surface area contributed by atoms with Crippen molar-refractivity contribution in [3.63, 3.8) is 0 Å². The van der Waals surface area contributed by atoms with Crippen molar-refractivity contribution in [3.05, 3.63) is 80.9 Å². The second-order valence-corrected chi connectivity index (χ2v) is 9.49. The Balaban J connectivity index is 1.69. The van der Waals surface area contributed by atoms with Gasteiger partial charge in [0.25, 0.3) is 0 Å². The first-order chi connectivity index (χ1) is 17.3. The van der Waals surface area contributed by atoms with Crippen molar-refractivity contribution in [2.24, 2.45) is 0 Å². The van der Waals surface area contributed by atoms with Crippen LogP contribution in [0.5, 0.6) is 11.5 Å². The number of unbranched alkanes of at least 4 members (excludes halogenated alkanes) is 4. The molecule has 36 heavy (non-hydrogen) atoms. The van der Waals surface area contributed by atoms with Crippen LogP contribution < -0.4 is 0 Å². The fourth-order valence-electron chi connectivity index (χ4n) is 4.90. The number of carbonyl (C=O) groups is 4. The van der Waals surface area contributed by atoms with Gasteiger partial charge in [-0.2, -0.15) is 0 Å². The van der Waals surface area contributed by atoms with Gasteiger partial charge in [0, 0.05) is 22.3 Å². The number of aromatic hydroxyl groups is 2. The van der Waals surface area contributed by atoms with Gasteiger partial charge in [-0.25, -0.2) is 0 Å². The molecule has 6 nitrogen and oxygen atoms in total. The van der Waals surface area contributed by atoms with E-state index in [0.29, 0.717) is 12.8 Å². The molecule has 0 spiro atoms. The predicted molar refractivity (Wildman–Crippen MR) is 136 cm³/mol. The number of hydrogen-bond donors (Lipinski definition) is 2. The molecule has 4 rings (SSSR count). The number of benzene rings is 2. The first kappa shape index (κ1) is 25.3. The Morgan fingerprint density at radius 3 is 1.33 bits per heavy atom. The predicted octanol–water partition coefficient (Wildman–Crippen LogP) is 5.87. The SMILES string of the molecule is CCCCCc1cc(O)c2c(c1)C(=O)C=C(C1=CC(=O)c3cc(CCCCC)cc(O)c3C1=O)C2=O. The third kappa shape index (κ3) is 4.68. The molecule has 0 saturated heterocycles. The molecule has 0 aliphatic heterocycles. The summed E-state index contributed by atoms with van der Waals surface area (Å²) >= 11 is 0. The molecule has 2 aromatic carbocycles. The Labute approximate surface area is 210 Å². The molecule has 2 aromatic rings. The zero-order valence-electron chi connectivity index (χ0n) is 20.6. The molecule has 0 fully saturated rings. The summed E-state index contributed by atoms with van der Waals surface area (Å²) in [5.74, 6) is -3.08. The van der Waals surface area contributed by atoms with Crippen LogP contribution in [0.4, 0.5) is 0 Å². The summed E-state index contributed by atoms with van der Waals surface area (Å²) in [6.45, 7) is 4.16. The van der Waals surface area contributed by atoms with Crippen LogP contribution in [0.3, 0.4) is 0 Å². The summed E-state index contributed by atoms with van der Waals surface area (Å²) in [6.07, 6.45) is 9.30. The van der Waals surface area contributed by atoms with Gasteiger partial charge >= 0.3 is 0 Å². The quantitative estimate of drug-likeness (QED) is 0.429. The van der Waals surface area contributed by atoms with Crippen LogP contribution in [0.25, 0.3) is 0 Å². The molecule has 0 radical (unpaired) electrons. The standard InChI is InChI=1S/C30H30O6/c1-3-5-7-9-17-11-21-23(31)15-19(29(35)27(21)25(33)13-17)20-16-24(32)22-12-18(10-8-6-4-2)14-26(34)28(22)30(20)36/h11-16,33-34H,3-10H2,1-2H3. The van der Waals surface area contributed by atoms with Crippen molar-refractivity contribution in [1.29, 1.82) is 0 Å². The molecule has 2 aliphatic carbocycles. The summed E-state index contributed by atoms with van der Waals surface area (Å²) in [4.78, 5) is 52.7. The number of aryl methyl sites for hydroxylation is 2.